The molecule has 0 radical (unpaired) electrons. The smallest absolute Gasteiger partial charge is 0.00843 e. The normalized spacial score (nSPS) is 25.2. The number of H-pyrrole nitrogens is 1. The fraction of sp³-hybridized carbons (Fsp3) is 0.543. The van der Waals surface area contributed by atoms with Crippen LogP contribution in [-0.4, -0.2) is 4.98 Å². The van der Waals surface area contributed by atoms with Crippen LogP contribution in [-0.2, 0) is 0 Å². The molecule has 1 heterocycles. The summed E-state index contributed by atoms with van der Waals surface area (Å²) in [5.41, 5.74) is 12.4. The van der Waals surface area contributed by atoms with Gasteiger partial charge >= 0.3 is 0 Å². The maximum absolute atomic E-state index is 4.77. The molecule has 3 fully saturated rings. The molecule has 1 nitrogen and oxygen atoms in total. The van der Waals surface area contributed by atoms with Crippen molar-refractivity contribution in [1.29, 1.82) is 0 Å². The fourth-order valence-corrected chi connectivity index (χ4v) is 7.81. The van der Waals surface area contributed by atoms with Crippen molar-refractivity contribution in [1.82, 2.24) is 4.98 Å². The summed E-state index contributed by atoms with van der Waals surface area (Å²) in [5, 5.41) is 0. The molecule has 3 aliphatic rings. The van der Waals surface area contributed by atoms with Gasteiger partial charge < -0.3 is 4.98 Å². The van der Waals surface area contributed by atoms with Gasteiger partial charge in [0.2, 0.25) is 0 Å². The van der Waals surface area contributed by atoms with Crippen molar-refractivity contribution >= 4 is 5.57 Å². The van der Waals surface area contributed by atoms with Crippen LogP contribution < -0.4 is 0 Å². The van der Waals surface area contributed by atoms with Gasteiger partial charge in [-0.15, -0.1) is 0 Å². The summed E-state index contributed by atoms with van der Waals surface area (Å²) in [4.78, 5) is 3.39. The molecule has 192 valence electrons. The van der Waals surface area contributed by atoms with Gasteiger partial charge in [0.15, 0.2) is 0 Å². The molecule has 2 unspecified atom stereocenters. The minimum absolute atomic E-state index is 0.351. The summed E-state index contributed by atoms with van der Waals surface area (Å²) >= 11 is 0. The monoisotopic (exact) mass is 481 g/mol. The minimum atomic E-state index is 0.351. The molecular formula is C35H47N. The number of benzene rings is 1. The molecule has 0 aliphatic heterocycles. The highest BCUT2D eigenvalue weighted by atomic mass is 14.6. The maximum Gasteiger partial charge on any atom is 0.00843 e. The Labute approximate surface area is 220 Å². The molecule has 36 heavy (non-hydrogen) atoms. The topological polar surface area (TPSA) is 15.8 Å². The largest absolute Gasteiger partial charge is 0.367 e. The lowest BCUT2D eigenvalue weighted by Crippen LogP contribution is -2.36. The molecule has 5 rings (SSSR count). The molecule has 2 aromatic rings. The molecule has 1 aromatic heterocycles. The van der Waals surface area contributed by atoms with Crippen LogP contribution in [0.3, 0.4) is 0 Å². The van der Waals surface area contributed by atoms with E-state index >= 15 is 0 Å². The number of allylic oxidation sites excluding steroid dienone is 5. The van der Waals surface area contributed by atoms with Crippen LogP contribution in [0.4, 0.5) is 0 Å². The highest BCUT2D eigenvalue weighted by Gasteiger charge is 2.44. The number of aromatic amines is 1. The Morgan fingerprint density at radius 1 is 0.972 bits per heavy atom. The van der Waals surface area contributed by atoms with Gasteiger partial charge in [0.1, 0.15) is 0 Å². The molecule has 1 spiro atoms. The molecule has 0 bridgehead atoms. The molecule has 0 saturated heterocycles. The Morgan fingerprint density at radius 2 is 1.64 bits per heavy atom. The van der Waals surface area contributed by atoms with Crippen molar-refractivity contribution in [3.63, 3.8) is 0 Å². The molecule has 2 atom stereocenters. The average Bonchev–Trinajstić information content (AvgIpc) is 3.56. The van der Waals surface area contributed by atoms with Gasteiger partial charge in [-0.1, -0.05) is 88.9 Å². The van der Waals surface area contributed by atoms with Crippen molar-refractivity contribution in [3.05, 3.63) is 88.3 Å². The first-order valence-electron chi connectivity index (χ1n) is 14.7. The molecule has 1 aromatic carbocycles. The first kappa shape index (κ1) is 25.4. The van der Waals surface area contributed by atoms with Crippen LogP contribution in [0.15, 0.2) is 71.6 Å². The zero-order valence-corrected chi connectivity index (χ0v) is 23.4. The first-order valence-corrected chi connectivity index (χ1v) is 14.7. The number of nitrogens with one attached hydrogen (secondary N) is 1. The van der Waals surface area contributed by atoms with Crippen LogP contribution in [0.2, 0.25) is 0 Å². The summed E-state index contributed by atoms with van der Waals surface area (Å²) in [6.07, 6.45) is 16.4. The second kappa shape index (κ2) is 10.2. The van der Waals surface area contributed by atoms with Gasteiger partial charge in [0.05, 0.1) is 0 Å². The number of hydrogen-bond acceptors (Lipinski definition) is 0. The Bertz CT molecular complexity index is 1130. The van der Waals surface area contributed by atoms with E-state index in [1.165, 1.54) is 85.6 Å². The van der Waals surface area contributed by atoms with E-state index in [9.17, 15) is 0 Å². The van der Waals surface area contributed by atoms with Crippen molar-refractivity contribution in [2.24, 2.45) is 17.3 Å². The van der Waals surface area contributed by atoms with E-state index < -0.39 is 0 Å². The molecule has 1 heteroatoms. The van der Waals surface area contributed by atoms with Gasteiger partial charge in [0.25, 0.3) is 0 Å². The molecule has 0 amide bonds. The van der Waals surface area contributed by atoms with Gasteiger partial charge in [-0.2, -0.15) is 0 Å². The number of hydrogen-bond donors (Lipinski definition) is 1. The predicted molar refractivity (Wildman–Crippen MR) is 155 cm³/mol. The second-order valence-electron chi connectivity index (χ2n) is 12.7. The van der Waals surface area contributed by atoms with Crippen LogP contribution in [0.1, 0.15) is 121 Å². The Kier molecular flexibility index (Phi) is 7.21. The van der Waals surface area contributed by atoms with Crippen molar-refractivity contribution < 1.29 is 0 Å². The van der Waals surface area contributed by atoms with E-state index in [2.05, 4.69) is 82.3 Å². The van der Waals surface area contributed by atoms with E-state index in [1.807, 2.05) is 0 Å². The Hall–Kier alpha value is -2.28. The zero-order valence-electron chi connectivity index (χ0n) is 23.4. The molecule has 3 saturated carbocycles. The van der Waals surface area contributed by atoms with Crippen molar-refractivity contribution in [2.75, 3.05) is 0 Å². The van der Waals surface area contributed by atoms with Gasteiger partial charge in [-0.3, -0.25) is 0 Å². The van der Waals surface area contributed by atoms with Gasteiger partial charge in [0, 0.05) is 18.3 Å². The van der Waals surface area contributed by atoms with E-state index in [-0.39, 0.29) is 0 Å². The van der Waals surface area contributed by atoms with Crippen molar-refractivity contribution in [3.8, 4) is 0 Å². The summed E-state index contributed by atoms with van der Waals surface area (Å²) in [6.45, 7) is 16.7. The summed E-state index contributed by atoms with van der Waals surface area (Å²) in [5.74, 6) is 2.17. The standard InChI is InChI=1S/C35H47N/c1-23(2)28-12-14-30(15-13-28)27(6)33(26(5)29-10-7-8-11-29)34(31-16-19-36-22-31)32-24(3)20-35(17-9-18-35)21-25(32)4/h12-16,19,22-23,25,27,29,36H,3,7-11,17-18,20-21H2,1-2,4-6H3/b33-26+,34-32+. The first-order chi connectivity index (χ1) is 17.3. The Morgan fingerprint density at radius 3 is 2.17 bits per heavy atom. The third-order valence-electron chi connectivity index (χ3n) is 9.97. The number of rotatable bonds is 6. The van der Waals surface area contributed by atoms with Crippen LogP contribution >= 0.6 is 0 Å². The summed E-state index contributed by atoms with van der Waals surface area (Å²) in [7, 11) is 0. The lowest BCUT2D eigenvalue weighted by atomic mass is 9.55. The quantitative estimate of drug-likeness (QED) is 0.422. The lowest BCUT2D eigenvalue weighted by molar-refractivity contribution is 0.0919. The zero-order chi connectivity index (χ0) is 25.4. The van der Waals surface area contributed by atoms with Crippen LogP contribution in [0.25, 0.3) is 5.57 Å². The van der Waals surface area contributed by atoms with E-state index in [0.717, 1.165) is 0 Å². The van der Waals surface area contributed by atoms with Crippen molar-refractivity contribution in [2.45, 2.75) is 104 Å². The van der Waals surface area contributed by atoms with Crippen LogP contribution in [0, 0.1) is 17.3 Å². The number of aromatic nitrogens is 1. The van der Waals surface area contributed by atoms with E-state index in [1.54, 1.807) is 16.7 Å². The maximum atomic E-state index is 4.77. The average molecular weight is 482 g/mol. The second-order valence-corrected chi connectivity index (χ2v) is 12.7. The van der Waals surface area contributed by atoms with Gasteiger partial charge in [-0.05, 0) is 108 Å². The predicted octanol–water partition coefficient (Wildman–Crippen LogP) is 10.4. The van der Waals surface area contributed by atoms with Crippen LogP contribution in [0.5, 0.6) is 0 Å². The SMILES string of the molecule is C=C1CC2(CCC2)CC(C)/C1=C(/C(=C(\C)C1CCCC1)C(C)c1ccc(C(C)C)cc1)c1cc[nH]c1. The summed E-state index contributed by atoms with van der Waals surface area (Å²) in [6, 6.07) is 11.8. The highest BCUT2D eigenvalue weighted by molar-refractivity contribution is 5.86. The molecule has 1 N–H and O–H groups in total. The van der Waals surface area contributed by atoms with E-state index in [4.69, 9.17) is 6.58 Å². The lowest BCUT2D eigenvalue weighted by Gasteiger charge is -2.49. The molecule has 3 aliphatic carbocycles. The molecular weight excluding hydrogens is 434 g/mol. The van der Waals surface area contributed by atoms with Gasteiger partial charge in [-0.25, -0.2) is 0 Å². The fourth-order valence-electron chi connectivity index (χ4n) is 7.81. The Balaban J connectivity index is 1.67. The highest BCUT2D eigenvalue weighted by Crippen LogP contribution is 2.58. The minimum Gasteiger partial charge on any atom is -0.367 e. The third-order valence-corrected chi connectivity index (χ3v) is 9.97. The third kappa shape index (κ3) is 4.71. The summed E-state index contributed by atoms with van der Waals surface area (Å²) < 4.78 is 0. The van der Waals surface area contributed by atoms with E-state index in [0.29, 0.717) is 29.1 Å².